The lowest BCUT2D eigenvalue weighted by atomic mass is 9.88. The van der Waals surface area contributed by atoms with Crippen molar-refractivity contribution in [2.75, 3.05) is 20.2 Å². The van der Waals surface area contributed by atoms with Crippen LogP contribution in [-0.2, 0) is 16.1 Å². The highest BCUT2D eigenvalue weighted by Crippen LogP contribution is 2.25. The number of piperidine rings is 1. The van der Waals surface area contributed by atoms with Crippen molar-refractivity contribution in [3.63, 3.8) is 0 Å². The first-order valence-electron chi connectivity index (χ1n) is 8.32. The summed E-state index contributed by atoms with van der Waals surface area (Å²) in [5, 5.41) is 2.89. The van der Waals surface area contributed by atoms with Crippen molar-refractivity contribution >= 4 is 11.9 Å². The molecule has 1 amide bonds. The number of esters is 1. The molecule has 2 aromatic rings. The molecular formula is C19H22N2O4. The van der Waals surface area contributed by atoms with Crippen LogP contribution in [0.4, 0.5) is 0 Å². The number of rotatable bonds is 5. The van der Waals surface area contributed by atoms with Gasteiger partial charge in [0.05, 0.1) is 18.9 Å². The average Bonchev–Trinajstić information content (AvgIpc) is 3.17. The molecule has 0 spiro atoms. The SMILES string of the molecule is COC(=O)C1(NC(=O)c2ccoc2)CCCN(Cc2ccccc2)C1. The van der Waals surface area contributed by atoms with E-state index < -0.39 is 11.5 Å². The van der Waals surface area contributed by atoms with E-state index in [-0.39, 0.29) is 5.91 Å². The molecule has 1 aliphatic heterocycles. The number of nitrogens with one attached hydrogen (secondary N) is 1. The quantitative estimate of drug-likeness (QED) is 0.844. The van der Waals surface area contributed by atoms with Crippen LogP contribution in [0.1, 0.15) is 28.8 Å². The number of carbonyl (C=O) groups excluding carboxylic acids is 2. The molecule has 25 heavy (non-hydrogen) atoms. The van der Waals surface area contributed by atoms with Gasteiger partial charge < -0.3 is 14.5 Å². The lowest BCUT2D eigenvalue weighted by Gasteiger charge is -2.41. The number of hydrogen-bond donors (Lipinski definition) is 1. The molecule has 1 aromatic carbocycles. The summed E-state index contributed by atoms with van der Waals surface area (Å²) < 4.78 is 9.96. The lowest BCUT2D eigenvalue weighted by molar-refractivity contribution is -0.150. The molecule has 1 fully saturated rings. The van der Waals surface area contributed by atoms with E-state index in [9.17, 15) is 9.59 Å². The Balaban J connectivity index is 1.77. The van der Waals surface area contributed by atoms with Gasteiger partial charge in [0.2, 0.25) is 0 Å². The number of ether oxygens (including phenoxy) is 1. The first kappa shape index (κ1) is 17.2. The summed E-state index contributed by atoms with van der Waals surface area (Å²) in [5.41, 5.74) is 0.517. The van der Waals surface area contributed by atoms with E-state index in [0.29, 0.717) is 18.5 Å². The molecule has 1 aliphatic rings. The first-order chi connectivity index (χ1) is 12.1. The zero-order chi connectivity index (χ0) is 17.7. The summed E-state index contributed by atoms with van der Waals surface area (Å²) in [7, 11) is 1.35. The number of methoxy groups -OCH3 is 1. The van der Waals surface area contributed by atoms with E-state index in [2.05, 4.69) is 22.3 Å². The smallest absolute Gasteiger partial charge is 0.332 e. The summed E-state index contributed by atoms with van der Waals surface area (Å²) in [5.74, 6) is -0.747. The summed E-state index contributed by atoms with van der Waals surface area (Å²) in [6.45, 7) is 2.01. The monoisotopic (exact) mass is 342 g/mol. The molecule has 6 heteroatoms. The van der Waals surface area contributed by atoms with Gasteiger partial charge in [-0.3, -0.25) is 9.69 Å². The highest BCUT2D eigenvalue weighted by atomic mass is 16.5. The van der Waals surface area contributed by atoms with Crippen LogP contribution in [0.2, 0.25) is 0 Å². The minimum atomic E-state index is -1.05. The number of carbonyl (C=O) groups is 2. The van der Waals surface area contributed by atoms with E-state index in [1.807, 2.05) is 18.2 Å². The lowest BCUT2D eigenvalue weighted by Crippen LogP contribution is -2.63. The van der Waals surface area contributed by atoms with Gasteiger partial charge in [0.25, 0.3) is 5.91 Å². The molecule has 0 bridgehead atoms. The largest absolute Gasteiger partial charge is 0.472 e. The van der Waals surface area contributed by atoms with Gasteiger partial charge in [0, 0.05) is 13.1 Å². The summed E-state index contributed by atoms with van der Waals surface area (Å²) in [6.07, 6.45) is 4.15. The topological polar surface area (TPSA) is 71.8 Å². The maximum absolute atomic E-state index is 12.5. The first-order valence-corrected chi connectivity index (χ1v) is 8.32. The zero-order valence-electron chi connectivity index (χ0n) is 14.2. The van der Waals surface area contributed by atoms with Crippen LogP contribution in [0.25, 0.3) is 0 Å². The van der Waals surface area contributed by atoms with E-state index in [1.54, 1.807) is 6.07 Å². The van der Waals surface area contributed by atoms with Crippen LogP contribution in [0.3, 0.4) is 0 Å². The second-order valence-corrected chi connectivity index (χ2v) is 6.34. The van der Waals surface area contributed by atoms with Crippen LogP contribution < -0.4 is 5.32 Å². The molecule has 1 unspecified atom stereocenters. The van der Waals surface area contributed by atoms with Gasteiger partial charge in [-0.25, -0.2) is 4.79 Å². The van der Waals surface area contributed by atoms with Gasteiger partial charge in [-0.1, -0.05) is 30.3 Å². The fourth-order valence-corrected chi connectivity index (χ4v) is 3.32. The van der Waals surface area contributed by atoms with Crippen molar-refractivity contribution in [1.82, 2.24) is 10.2 Å². The van der Waals surface area contributed by atoms with Gasteiger partial charge >= 0.3 is 5.97 Å². The molecular weight excluding hydrogens is 320 g/mol. The van der Waals surface area contributed by atoms with Crippen LogP contribution in [0, 0.1) is 0 Å². The standard InChI is InChI=1S/C19H22N2O4/c1-24-18(23)19(20-17(22)16-8-11-25-13-16)9-5-10-21(14-19)12-15-6-3-2-4-7-15/h2-4,6-8,11,13H,5,9-10,12,14H2,1H3,(H,20,22). The number of hydrogen-bond acceptors (Lipinski definition) is 5. The molecule has 3 rings (SSSR count). The third kappa shape index (κ3) is 3.91. The Morgan fingerprint density at radius 2 is 2.08 bits per heavy atom. The van der Waals surface area contributed by atoms with Crippen molar-refractivity contribution in [1.29, 1.82) is 0 Å². The second-order valence-electron chi connectivity index (χ2n) is 6.34. The highest BCUT2D eigenvalue weighted by Gasteiger charge is 2.44. The van der Waals surface area contributed by atoms with Crippen molar-refractivity contribution in [3.05, 3.63) is 60.1 Å². The third-order valence-electron chi connectivity index (χ3n) is 4.53. The van der Waals surface area contributed by atoms with Gasteiger partial charge in [0.15, 0.2) is 5.54 Å². The van der Waals surface area contributed by atoms with E-state index in [0.717, 1.165) is 19.5 Å². The number of likely N-dealkylation sites (tertiary alicyclic amines) is 1. The Morgan fingerprint density at radius 1 is 1.28 bits per heavy atom. The molecule has 0 saturated carbocycles. The van der Waals surface area contributed by atoms with E-state index in [1.165, 1.54) is 25.2 Å². The third-order valence-corrected chi connectivity index (χ3v) is 4.53. The van der Waals surface area contributed by atoms with Gasteiger partial charge in [-0.15, -0.1) is 0 Å². The zero-order valence-corrected chi connectivity index (χ0v) is 14.2. The molecule has 2 heterocycles. The van der Waals surface area contributed by atoms with E-state index >= 15 is 0 Å². The van der Waals surface area contributed by atoms with Crippen molar-refractivity contribution in [2.24, 2.45) is 0 Å². The van der Waals surface area contributed by atoms with Gasteiger partial charge in [-0.05, 0) is 31.0 Å². The summed E-state index contributed by atoms with van der Waals surface area (Å²) in [6, 6.07) is 11.6. The number of furan rings is 1. The van der Waals surface area contributed by atoms with Gasteiger partial charge in [0.1, 0.15) is 6.26 Å². The normalized spacial score (nSPS) is 20.8. The molecule has 1 N–H and O–H groups in total. The molecule has 0 aliphatic carbocycles. The molecule has 1 aromatic heterocycles. The maximum atomic E-state index is 12.5. The fraction of sp³-hybridized carbons (Fsp3) is 0.368. The summed E-state index contributed by atoms with van der Waals surface area (Å²) >= 11 is 0. The molecule has 6 nitrogen and oxygen atoms in total. The predicted molar refractivity (Wildman–Crippen MR) is 91.9 cm³/mol. The Hall–Kier alpha value is -2.60. The van der Waals surface area contributed by atoms with Crippen LogP contribution in [0.15, 0.2) is 53.3 Å². The Labute approximate surface area is 146 Å². The number of nitrogens with zero attached hydrogens (tertiary/aromatic N) is 1. The Kier molecular flexibility index (Phi) is 5.19. The fourth-order valence-electron chi connectivity index (χ4n) is 3.32. The predicted octanol–water partition coefficient (Wildman–Crippen LogP) is 2.22. The van der Waals surface area contributed by atoms with Crippen molar-refractivity contribution in [2.45, 2.75) is 24.9 Å². The summed E-state index contributed by atoms with van der Waals surface area (Å²) in [4.78, 5) is 27.1. The average molecular weight is 342 g/mol. The second kappa shape index (κ2) is 7.53. The maximum Gasteiger partial charge on any atom is 0.332 e. The molecule has 132 valence electrons. The van der Waals surface area contributed by atoms with E-state index in [4.69, 9.17) is 9.15 Å². The van der Waals surface area contributed by atoms with Crippen molar-refractivity contribution in [3.8, 4) is 0 Å². The number of benzene rings is 1. The van der Waals surface area contributed by atoms with Crippen LogP contribution in [0.5, 0.6) is 0 Å². The minimum absolute atomic E-state index is 0.333. The molecule has 1 saturated heterocycles. The Morgan fingerprint density at radius 3 is 2.76 bits per heavy atom. The van der Waals surface area contributed by atoms with Crippen molar-refractivity contribution < 1.29 is 18.7 Å². The molecule has 1 atom stereocenters. The molecule has 0 radical (unpaired) electrons. The minimum Gasteiger partial charge on any atom is -0.472 e. The Bertz CT molecular complexity index is 714. The van der Waals surface area contributed by atoms with Crippen LogP contribution >= 0.6 is 0 Å². The van der Waals surface area contributed by atoms with Gasteiger partial charge in [-0.2, -0.15) is 0 Å². The highest BCUT2D eigenvalue weighted by molar-refractivity contribution is 5.98. The number of amides is 1. The van der Waals surface area contributed by atoms with Crippen LogP contribution in [-0.4, -0.2) is 42.5 Å².